The molecule has 0 amide bonds. The van der Waals surface area contributed by atoms with Gasteiger partial charge in [0.05, 0.1) is 10.9 Å². The minimum absolute atomic E-state index is 0.0647. The average Bonchev–Trinajstić information content (AvgIpc) is 2.60. The van der Waals surface area contributed by atoms with Crippen LogP contribution < -0.4 is 10.9 Å². The van der Waals surface area contributed by atoms with Crippen LogP contribution in [0.5, 0.6) is 0 Å². The van der Waals surface area contributed by atoms with Gasteiger partial charge in [-0.25, -0.2) is 4.98 Å². The monoisotopic (exact) mass is 322 g/mol. The molecule has 3 rings (SSSR count). The van der Waals surface area contributed by atoms with Crippen LogP contribution in [0.2, 0.25) is 0 Å². The van der Waals surface area contributed by atoms with Crippen LogP contribution in [0.25, 0.3) is 10.9 Å². The molecule has 124 valence electrons. The van der Waals surface area contributed by atoms with E-state index < -0.39 is 0 Å². The van der Waals surface area contributed by atoms with Crippen molar-refractivity contribution in [2.24, 2.45) is 5.92 Å². The Labute approximate surface area is 142 Å². The largest absolute Gasteiger partial charge is 0.331 e. The zero-order valence-corrected chi connectivity index (χ0v) is 14.4. The van der Waals surface area contributed by atoms with Gasteiger partial charge in [0.2, 0.25) is 0 Å². The number of aromatic amines is 1. The normalized spacial score (nSPS) is 14.0. The maximum atomic E-state index is 12.3. The second-order valence-corrected chi connectivity index (χ2v) is 6.63. The Morgan fingerprint density at radius 1 is 0.958 bits per heavy atom. The standard InChI is InChI=1S/C20H23N3O/c1-13(2)18(15-9-5-4-6-10-15)21-14(3)19-22-17-12-8-7-11-16(17)20(24)23-19/h4-14,18,21H,1-3H3,(H,22,23,24)/p+1/t14-,18+/m1/s1. The molecule has 0 bridgehead atoms. The summed E-state index contributed by atoms with van der Waals surface area (Å²) in [5, 5.41) is 2.92. The summed E-state index contributed by atoms with van der Waals surface area (Å²) >= 11 is 0. The molecular weight excluding hydrogens is 298 g/mol. The number of hydrogen-bond acceptors (Lipinski definition) is 2. The van der Waals surface area contributed by atoms with Crippen LogP contribution in [-0.2, 0) is 0 Å². The molecule has 1 aromatic heterocycles. The lowest BCUT2D eigenvalue weighted by atomic mass is 9.95. The molecule has 2 atom stereocenters. The number of benzene rings is 2. The first-order chi connectivity index (χ1) is 11.6. The van der Waals surface area contributed by atoms with Crippen LogP contribution in [0, 0.1) is 5.92 Å². The van der Waals surface area contributed by atoms with E-state index in [0.717, 1.165) is 11.3 Å². The molecule has 0 aliphatic carbocycles. The van der Waals surface area contributed by atoms with Crippen molar-refractivity contribution in [3.8, 4) is 0 Å². The van der Waals surface area contributed by atoms with Gasteiger partial charge in [-0.2, -0.15) is 0 Å². The van der Waals surface area contributed by atoms with Crippen LogP contribution in [0.15, 0.2) is 59.4 Å². The van der Waals surface area contributed by atoms with Gasteiger partial charge in [0.1, 0.15) is 12.1 Å². The molecule has 0 spiro atoms. The number of para-hydroxylation sites is 1. The van der Waals surface area contributed by atoms with Gasteiger partial charge in [0.25, 0.3) is 5.56 Å². The molecule has 2 aromatic carbocycles. The maximum absolute atomic E-state index is 12.3. The van der Waals surface area contributed by atoms with E-state index in [4.69, 9.17) is 0 Å². The number of quaternary nitrogens is 1. The predicted octanol–water partition coefficient (Wildman–Crippen LogP) is 2.94. The van der Waals surface area contributed by atoms with Gasteiger partial charge in [0.15, 0.2) is 5.82 Å². The maximum Gasteiger partial charge on any atom is 0.258 e. The highest BCUT2D eigenvalue weighted by Crippen LogP contribution is 2.19. The third-order valence-corrected chi connectivity index (χ3v) is 4.46. The van der Waals surface area contributed by atoms with E-state index in [1.54, 1.807) is 6.07 Å². The Morgan fingerprint density at radius 3 is 2.33 bits per heavy atom. The van der Waals surface area contributed by atoms with Crippen LogP contribution in [0.4, 0.5) is 0 Å². The minimum atomic E-state index is -0.0725. The Bertz CT molecular complexity index is 871. The van der Waals surface area contributed by atoms with Crippen molar-refractivity contribution in [3.05, 3.63) is 76.3 Å². The van der Waals surface area contributed by atoms with Crippen LogP contribution >= 0.6 is 0 Å². The quantitative estimate of drug-likeness (QED) is 0.758. The Kier molecular flexibility index (Phi) is 4.76. The Balaban J connectivity index is 1.91. The molecule has 4 nitrogen and oxygen atoms in total. The fourth-order valence-corrected chi connectivity index (χ4v) is 3.12. The lowest BCUT2D eigenvalue weighted by Crippen LogP contribution is -2.87. The molecule has 0 saturated heterocycles. The van der Waals surface area contributed by atoms with Gasteiger partial charge in [-0.1, -0.05) is 56.3 Å². The highest BCUT2D eigenvalue weighted by Gasteiger charge is 2.24. The zero-order chi connectivity index (χ0) is 17.1. The minimum Gasteiger partial charge on any atom is -0.331 e. The van der Waals surface area contributed by atoms with Crippen molar-refractivity contribution in [2.75, 3.05) is 0 Å². The molecule has 24 heavy (non-hydrogen) atoms. The molecule has 0 fully saturated rings. The van der Waals surface area contributed by atoms with Gasteiger partial charge >= 0.3 is 0 Å². The predicted molar refractivity (Wildman–Crippen MR) is 96.7 cm³/mol. The number of fused-ring (bicyclic) bond motifs is 1. The first-order valence-electron chi connectivity index (χ1n) is 8.45. The first kappa shape index (κ1) is 16.4. The lowest BCUT2D eigenvalue weighted by Gasteiger charge is -2.23. The summed E-state index contributed by atoms with van der Waals surface area (Å²) in [5.74, 6) is 1.20. The SMILES string of the molecule is CC(C)[C@H]([NH2+][C@H](C)c1nc2ccccc2c(=O)[nH]1)c1ccccc1. The van der Waals surface area contributed by atoms with Gasteiger partial charge in [-0.05, 0) is 19.1 Å². The molecule has 0 aliphatic heterocycles. The summed E-state index contributed by atoms with van der Waals surface area (Å²) in [5.41, 5.74) is 1.97. The molecule has 0 radical (unpaired) electrons. The number of H-pyrrole nitrogens is 1. The summed E-state index contributed by atoms with van der Waals surface area (Å²) in [4.78, 5) is 19.9. The van der Waals surface area contributed by atoms with Gasteiger partial charge in [-0.15, -0.1) is 0 Å². The van der Waals surface area contributed by atoms with Crippen LogP contribution in [0.3, 0.4) is 0 Å². The molecular formula is C20H24N3O+. The van der Waals surface area contributed by atoms with Crippen molar-refractivity contribution >= 4 is 10.9 Å². The highest BCUT2D eigenvalue weighted by atomic mass is 16.1. The topological polar surface area (TPSA) is 62.4 Å². The first-order valence-corrected chi connectivity index (χ1v) is 8.45. The number of rotatable bonds is 5. The summed E-state index contributed by atoms with van der Waals surface area (Å²) in [7, 11) is 0. The molecule has 3 N–H and O–H groups in total. The molecule has 3 aromatic rings. The van der Waals surface area contributed by atoms with E-state index in [0.29, 0.717) is 17.3 Å². The van der Waals surface area contributed by atoms with Crippen LogP contribution in [0.1, 0.15) is 44.2 Å². The van der Waals surface area contributed by atoms with Crippen molar-refractivity contribution in [1.82, 2.24) is 9.97 Å². The summed E-state index contributed by atoms with van der Waals surface area (Å²) in [6, 6.07) is 18.3. The number of hydrogen-bond donors (Lipinski definition) is 2. The second-order valence-electron chi connectivity index (χ2n) is 6.63. The number of nitrogens with zero attached hydrogens (tertiary/aromatic N) is 1. The average molecular weight is 322 g/mol. The van der Waals surface area contributed by atoms with E-state index in [9.17, 15) is 4.79 Å². The van der Waals surface area contributed by atoms with E-state index in [1.807, 2.05) is 24.3 Å². The van der Waals surface area contributed by atoms with E-state index in [-0.39, 0.29) is 11.6 Å². The third kappa shape index (κ3) is 3.39. The number of nitrogens with one attached hydrogen (secondary N) is 1. The van der Waals surface area contributed by atoms with Crippen molar-refractivity contribution in [3.63, 3.8) is 0 Å². The van der Waals surface area contributed by atoms with Gasteiger partial charge in [0, 0.05) is 11.5 Å². The smallest absolute Gasteiger partial charge is 0.258 e. The summed E-state index contributed by atoms with van der Waals surface area (Å²) in [6.45, 7) is 6.53. The molecule has 0 unspecified atom stereocenters. The fourth-order valence-electron chi connectivity index (χ4n) is 3.12. The van der Waals surface area contributed by atoms with E-state index in [1.165, 1.54) is 5.56 Å². The van der Waals surface area contributed by atoms with Crippen molar-refractivity contribution in [2.45, 2.75) is 32.9 Å². The summed E-state index contributed by atoms with van der Waals surface area (Å²) in [6.07, 6.45) is 0. The summed E-state index contributed by atoms with van der Waals surface area (Å²) < 4.78 is 0. The zero-order valence-electron chi connectivity index (χ0n) is 14.4. The van der Waals surface area contributed by atoms with E-state index >= 15 is 0 Å². The second kappa shape index (κ2) is 6.97. The Morgan fingerprint density at radius 2 is 1.62 bits per heavy atom. The highest BCUT2D eigenvalue weighted by molar-refractivity contribution is 5.77. The number of aromatic nitrogens is 2. The van der Waals surface area contributed by atoms with E-state index in [2.05, 4.69) is 60.3 Å². The fraction of sp³-hybridized carbons (Fsp3) is 0.300. The molecule has 0 saturated carbocycles. The number of nitrogens with two attached hydrogens (primary N) is 1. The third-order valence-electron chi connectivity index (χ3n) is 4.46. The lowest BCUT2D eigenvalue weighted by molar-refractivity contribution is -0.738. The van der Waals surface area contributed by atoms with Crippen molar-refractivity contribution in [1.29, 1.82) is 0 Å². The van der Waals surface area contributed by atoms with Gasteiger partial charge < -0.3 is 10.3 Å². The van der Waals surface area contributed by atoms with Gasteiger partial charge in [-0.3, -0.25) is 4.79 Å². The van der Waals surface area contributed by atoms with Crippen molar-refractivity contribution < 1.29 is 5.32 Å². The van der Waals surface area contributed by atoms with Crippen LogP contribution in [-0.4, -0.2) is 9.97 Å². The Hall–Kier alpha value is -2.46. The molecule has 4 heteroatoms. The molecule has 1 heterocycles. The molecule has 0 aliphatic rings.